The van der Waals surface area contributed by atoms with E-state index in [1.807, 2.05) is 0 Å². The Kier molecular flexibility index (Phi) is 2.86. The summed E-state index contributed by atoms with van der Waals surface area (Å²) in [7, 11) is -2.38. The van der Waals surface area contributed by atoms with Gasteiger partial charge < -0.3 is 4.74 Å². The summed E-state index contributed by atoms with van der Waals surface area (Å²) in [6.07, 6.45) is 2.33. The fraction of sp³-hybridized carbons (Fsp3) is 0.182. The van der Waals surface area contributed by atoms with Crippen molar-refractivity contribution in [3.8, 4) is 0 Å². The van der Waals surface area contributed by atoms with Gasteiger partial charge in [0.25, 0.3) is 0 Å². The van der Waals surface area contributed by atoms with Crippen molar-refractivity contribution in [2.24, 2.45) is 0 Å². The molecule has 1 aromatic heterocycles. The van der Waals surface area contributed by atoms with Gasteiger partial charge in [-0.1, -0.05) is 0 Å². The van der Waals surface area contributed by atoms with Gasteiger partial charge in [-0.3, -0.25) is 0 Å². The van der Waals surface area contributed by atoms with E-state index < -0.39 is 21.8 Å². The maximum Gasteiger partial charge on any atom is 0.340 e. The molecule has 0 spiro atoms. The van der Waals surface area contributed by atoms with Crippen molar-refractivity contribution in [1.29, 1.82) is 0 Å². The number of carbonyl (C=O) groups is 1. The molecule has 1 heterocycles. The van der Waals surface area contributed by atoms with E-state index >= 15 is 0 Å². The first-order valence-corrected chi connectivity index (χ1v) is 6.79. The monoisotopic (exact) mass is 271 g/mol. The highest BCUT2D eigenvalue weighted by molar-refractivity contribution is 7.89. The second-order valence-electron chi connectivity index (χ2n) is 3.76. The number of nitrogens with zero attached hydrogens (tertiary/aromatic N) is 1. The Morgan fingerprint density at radius 2 is 2.06 bits per heavy atom. The average molecular weight is 271 g/mol. The summed E-state index contributed by atoms with van der Waals surface area (Å²) < 4.78 is 42.0. The van der Waals surface area contributed by atoms with Crippen LogP contribution in [0.2, 0.25) is 0 Å². The summed E-state index contributed by atoms with van der Waals surface area (Å²) in [4.78, 5) is 11.3. The number of methoxy groups -OCH3 is 1. The number of rotatable bonds is 2. The van der Waals surface area contributed by atoms with Crippen LogP contribution in [-0.4, -0.2) is 31.7 Å². The molecular formula is C11H10FNO4S. The highest BCUT2D eigenvalue weighted by atomic mass is 32.2. The molecule has 0 saturated carbocycles. The van der Waals surface area contributed by atoms with Gasteiger partial charge in [0.15, 0.2) is 0 Å². The fourth-order valence-electron chi connectivity index (χ4n) is 1.69. The van der Waals surface area contributed by atoms with Crippen LogP contribution in [0.3, 0.4) is 0 Å². The van der Waals surface area contributed by atoms with Crippen LogP contribution in [0, 0.1) is 5.82 Å². The second-order valence-corrected chi connectivity index (χ2v) is 5.62. The van der Waals surface area contributed by atoms with Gasteiger partial charge in [0, 0.05) is 11.6 Å². The third kappa shape index (κ3) is 1.97. The zero-order chi connectivity index (χ0) is 13.5. The van der Waals surface area contributed by atoms with E-state index in [1.54, 1.807) is 0 Å². The van der Waals surface area contributed by atoms with Gasteiger partial charge in [0.1, 0.15) is 5.82 Å². The number of hydrogen-bond donors (Lipinski definition) is 0. The van der Waals surface area contributed by atoms with Gasteiger partial charge in [-0.05, 0) is 18.2 Å². The molecule has 0 aliphatic heterocycles. The van der Waals surface area contributed by atoms with Crippen molar-refractivity contribution in [3.63, 3.8) is 0 Å². The smallest absolute Gasteiger partial charge is 0.340 e. The molecule has 0 amide bonds. The van der Waals surface area contributed by atoms with Crippen LogP contribution in [0.25, 0.3) is 10.9 Å². The van der Waals surface area contributed by atoms with E-state index in [-0.39, 0.29) is 11.1 Å². The summed E-state index contributed by atoms with van der Waals surface area (Å²) in [5.41, 5.74) is -0.0621. The molecule has 96 valence electrons. The van der Waals surface area contributed by atoms with E-state index in [9.17, 15) is 17.6 Å². The van der Waals surface area contributed by atoms with Crippen molar-refractivity contribution in [3.05, 3.63) is 35.8 Å². The molecule has 0 radical (unpaired) electrons. The molecule has 2 aromatic rings. The van der Waals surface area contributed by atoms with Crippen LogP contribution in [0.15, 0.2) is 24.4 Å². The van der Waals surface area contributed by atoms with E-state index in [4.69, 9.17) is 0 Å². The number of carbonyl (C=O) groups excluding carboxylic acids is 1. The molecule has 0 aliphatic rings. The summed E-state index contributed by atoms with van der Waals surface area (Å²) >= 11 is 0. The summed E-state index contributed by atoms with van der Waals surface area (Å²) in [5.74, 6) is -1.60. The quantitative estimate of drug-likeness (QED) is 0.774. The lowest BCUT2D eigenvalue weighted by Crippen LogP contribution is -2.10. The lowest BCUT2D eigenvalue weighted by Gasteiger charge is -2.05. The minimum absolute atomic E-state index is 0.235. The largest absolute Gasteiger partial charge is 0.465 e. The molecule has 0 aliphatic carbocycles. The first-order valence-electron chi connectivity index (χ1n) is 4.94. The van der Waals surface area contributed by atoms with Crippen molar-refractivity contribution < 1.29 is 22.3 Å². The summed E-state index contributed by atoms with van der Waals surface area (Å²) in [5, 5.41) is 0.394. The fourth-order valence-corrected chi connectivity index (χ4v) is 2.48. The molecule has 7 heteroatoms. The summed E-state index contributed by atoms with van der Waals surface area (Å²) in [6.45, 7) is 0. The SMILES string of the molecule is COC(=O)c1cc2c(ccn2S(C)(=O)=O)cc1F. The maximum atomic E-state index is 13.6. The first-order chi connectivity index (χ1) is 8.34. The number of halogens is 1. The van der Waals surface area contributed by atoms with Crippen LogP contribution in [0.1, 0.15) is 10.4 Å². The van der Waals surface area contributed by atoms with Crippen molar-refractivity contribution in [1.82, 2.24) is 3.97 Å². The van der Waals surface area contributed by atoms with Crippen molar-refractivity contribution in [2.75, 3.05) is 13.4 Å². The Hall–Kier alpha value is -1.89. The predicted octanol–water partition coefficient (Wildman–Crippen LogP) is 1.37. The molecule has 18 heavy (non-hydrogen) atoms. The Labute approximate surface area is 103 Å². The number of benzene rings is 1. The highest BCUT2D eigenvalue weighted by Gasteiger charge is 2.17. The van der Waals surface area contributed by atoms with Crippen LogP contribution in [0.4, 0.5) is 4.39 Å². The molecule has 0 saturated heterocycles. The zero-order valence-electron chi connectivity index (χ0n) is 9.68. The number of esters is 1. The molecule has 0 atom stereocenters. The topological polar surface area (TPSA) is 65.4 Å². The van der Waals surface area contributed by atoms with Crippen molar-refractivity contribution >= 4 is 26.9 Å². The van der Waals surface area contributed by atoms with Gasteiger partial charge in [0.05, 0.1) is 24.4 Å². The molecular weight excluding hydrogens is 261 g/mol. The molecule has 0 unspecified atom stereocenters. The lowest BCUT2D eigenvalue weighted by atomic mass is 10.1. The minimum Gasteiger partial charge on any atom is -0.465 e. The second kappa shape index (κ2) is 4.09. The number of ether oxygens (including phenoxy) is 1. The zero-order valence-corrected chi connectivity index (χ0v) is 10.5. The molecule has 1 aromatic carbocycles. The van der Waals surface area contributed by atoms with Crippen LogP contribution in [0.5, 0.6) is 0 Å². The van der Waals surface area contributed by atoms with E-state index in [1.165, 1.54) is 12.3 Å². The van der Waals surface area contributed by atoms with Crippen LogP contribution >= 0.6 is 0 Å². The van der Waals surface area contributed by atoms with Gasteiger partial charge in [-0.25, -0.2) is 21.6 Å². The van der Waals surface area contributed by atoms with Crippen LogP contribution in [-0.2, 0) is 14.8 Å². The lowest BCUT2D eigenvalue weighted by molar-refractivity contribution is 0.0595. The van der Waals surface area contributed by atoms with E-state index in [0.717, 1.165) is 29.5 Å². The van der Waals surface area contributed by atoms with Crippen molar-refractivity contribution in [2.45, 2.75) is 0 Å². The molecule has 0 fully saturated rings. The van der Waals surface area contributed by atoms with E-state index in [2.05, 4.69) is 4.74 Å². The highest BCUT2D eigenvalue weighted by Crippen LogP contribution is 2.22. The third-order valence-corrected chi connectivity index (χ3v) is 3.54. The number of aromatic nitrogens is 1. The average Bonchev–Trinajstić information content (AvgIpc) is 2.69. The first kappa shape index (κ1) is 12.6. The molecule has 0 N–H and O–H groups in total. The maximum absolute atomic E-state index is 13.6. The normalized spacial score (nSPS) is 11.7. The number of hydrogen-bond acceptors (Lipinski definition) is 4. The predicted molar refractivity (Wildman–Crippen MR) is 63.5 cm³/mol. The molecule has 0 bridgehead atoms. The summed E-state index contributed by atoms with van der Waals surface area (Å²) in [6, 6.07) is 3.72. The number of fused-ring (bicyclic) bond motifs is 1. The Morgan fingerprint density at radius 3 is 2.61 bits per heavy atom. The molecule has 5 nitrogen and oxygen atoms in total. The Morgan fingerprint density at radius 1 is 1.39 bits per heavy atom. The van der Waals surface area contributed by atoms with Gasteiger partial charge in [-0.2, -0.15) is 0 Å². The van der Waals surface area contributed by atoms with Crippen LogP contribution < -0.4 is 0 Å². The van der Waals surface area contributed by atoms with E-state index in [0.29, 0.717) is 5.39 Å². The third-order valence-electron chi connectivity index (χ3n) is 2.51. The minimum atomic E-state index is -3.51. The molecule has 2 rings (SSSR count). The Balaban J connectivity index is 2.79. The van der Waals surface area contributed by atoms with Gasteiger partial charge in [0.2, 0.25) is 10.0 Å². The standard InChI is InChI=1S/C11H10FNO4S/c1-17-11(14)8-6-10-7(5-9(8)12)3-4-13(10)18(2,15)16/h3-6H,1-2H3. The van der Waals surface area contributed by atoms with Gasteiger partial charge in [-0.15, -0.1) is 0 Å². The Bertz CT molecular complexity index is 733. The van der Waals surface area contributed by atoms with Gasteiger partial charge >= 0.3 is 5.97 Å².